The van der Waals surface area contributed by atoms with Crippen LogP contribution in [0.15, 0.2) is 110 Å². The summed E-state index contributed by atoms with van der Waals surface area (Å²) in [7, 11) is 1.60. The van der Waals surface area contributed by atoms with E-state index in [0.717, 1.165) is 22.6 Å². The van der Waals surface area contributed by atoms with Gasteiger partial charge >= 0.3 is 0 Å². The van der Waals surface area contributed by atoms with E-state index in [1.807, 2.05) is 90.7 Å². The number of hydrogen-bond donors (Lipinski definition) is 0. The highest BCUT2D eigenvalue weighted by atomic mass is 32.2. The molecule has 2 aliphatic rings. The molecule has 0 N–H and O–H groups in total. The molecule has 0 atom stereocenters. The second-order valence-electron chi connectivity index (χ2n) is 8.82. The first kappa shape index (κ1) is 26.1. The number of thiocarbonyl (C=S) groups is 1. The Balaban J connectivity index is 1.41. The van der Waals surface area contributed by atoms with Crippen LogP contribution in [0.4, 0.5) is 17.2 Å². The van der Waals surface area contributed by atoms with E-state index in [1.165, 1.54) is 39.4 Å². The lowest BCUT2D eigenvalue weighted by atomic mass is 10.2. The van der Waals surface area contributed by atoms with Gasteiger partial charge in [-0.1, -0.05) is 71.6 Å². The van der Waals surface area contributed by atoms with Crippen LogP contribution in [0.1, 0.15) is 11.1 Å². The van der Waals surface area contributed by atoms with E-state index >= 15 is 0 Å². The zero-order chi connectivity index (χ0) is 27.8. The largest absolute Gasteiger partial charge is 0.497 e. The number of aryl methyl sites for hydroxylation is 1. The van der Waals surface area contributed by atoms with Crippen LogP contribution in [0, 0.1) is 6.92 Å². The summed E-state index contributed by atoms with van der Waals surface area (Å²) in [5.41, 5.74) is 3.01. The maximum atomic E-state index is 13.8. The van der Waals surface area contributed by atoms with E-state index in [0.29, 0.717) is 30.7 Å². The van der Waals surface area contributed by atoms with E-state index in [-0.39, 0.29) is 11.5 Å². The monoisotopic (exact) mass is 583 g/mol. The third-order valence-electron chi connectivity index (χ3n) is 6.23. The molecule has 1 saturated heterocycles. The lowest BCUT2D eigenvalue weighted by Crippen LogP contribution is -2.28. The average molecular weight is 584 g/mol. The van der Waals surface area contributed by atoms with Gasteiger partial charge in [0.2, 0.25) is 0 Å². The number of amides is 1. The summed E-state index contributed by atoms with van der Waals surface area (Å²) < 4.78 is 6.81. The quantitative estimate of drug-likeness (QED) is 0.163. The number of thioether (sulfide) groups is 2. The molecular weight excluding hydrogens is 563 g/mol. The number of methoxy groups -OCH3 is 1. The van der Waals surface area contributed by atoms with Crippen LogP contribution in [0.25, 0.3) is 0 Å². The zero-order valence-corrected chi connectivity index (χ0v) is 23.8. The number of ether oxygens (including phenoxy) is 1. The molecule has 3 heterocycles. The minimum absolute atomic E-state index is 0.243. The molecule has 0 spiro atoms. The number of aromatic nitrogens is 2. The molecule has 11 heteroatoms. The van der Waals surface area contributed by atoms with Gasteiger partial charge in [0, 0.05) is 5.69 Å². The van der Waals surface area contributed by atoms with Gasteiger partial charge in [0.1, 0.15) is 26.9 Å². The fourth-order valence-electron chi connectivity index (χ4n) is 4.19. The second kappa shape index (κ2) is 10.8. The van der Waals surface area contributed by atoms with Crippen molar-refractivity contribution in [2.24, 2.45) is 5.10 Å². The summed E-state index contributed by atoms with van der Waals surface area (Å²) in [6.07, 6.45) is 2.97. The molecule has 0 radical (unpaired) electrons. The third-order valence-corrected chi connectivity index (χ3v) is 8.86. The lowest BCUT2D eigenvalue weighted by molar-refractivity contribution is -0.113. The number of rotatable bonds is 5. The molecule has 8 nitrogen and oxygen atoms in total. The predicted molar refractivity (Wildman–Crippen MR) is 165 cm³/mol. The normalized spacial score (nSPS) is 16.8. The number of nitrogens with zero attached hydrogens (tertiary/aromatic N) is 5. The van der Waals surface area contributed by atoms with Crippen molar-refractivity contribution in [3.63, 3.8) is 0 Å². The molecule has 0 saturated carbocycles. The first-order chi connectivity index (χ1) is 19.4. The molecule has 0 bridgehead atoms. The van der Waals surface area contributed by atoms with Gasteiger partial charge in [0.15, 0.2) is 10.1 Å². The Kier molecular flexibility index (Phi) is 7.01. The predicted octanol–water partition coefficient (Wildman–Crippen LogP) is 5.92. The van der Waals surface area contributed by atoms with E-state index in [4.69, 9.17) is 17.0 Å². The van der Waals surface area contributed by atoms with Gasteiger partial charge in [0.05, 0.1) is 19.0 Å². The van der Waals surface area contributed by atoms with Crippen molar-refractivity contribution in [1.82, 2.24) is 9.66 Å². The van der Waals surface area contributed by atoms with Crippen LogP contribution in [0.5, 0.6) is 5.75 Å². The van der Waals surface area contributed by atoms with Crippen molar-refractivity contribution in [1.29, 1.82) is 0 Å². The minimum atomic E-state index is -0.343. The Morgan fingerprint density at radius 2 is 1.60 bits per heavy atom. The van der Waals surface area contributed by atoms with Crippen molar-refractivity contribution < 1.29 is 9.53 Å². The molecule has 6 rings (SSSR count). The van der Waals surface area contributed by atoms with Crippen molar-refractivity contribution in [2.45, 2.75) is 11.8 Å². The van der Waals surface area contributed by atoms with Gasteiger partial charge in [-0.3, -0.25) is 19.4 Å². The van der Waals surface area contributed by atoms with Gasteiger partial charge < -0.3 is 4.74 Å². The molecular formula is C29H21N5O3S3. The van der Waals surface area contributed by atoms with Crippen LogP contribution in [-0.2, 0) is 4.79 Å². The summed E-state index contributed by atoms with van der Waals surface area (Å²) >= 11 is 8.04. The van der Waals surface area contributed by atoms with Crippen molar-refractivity contribution in [3.05, 3.63) is 117 Å². The highest BCUT2D eigenvalue weighted by Gasteiger charge is 2.42. The Morgan fingerprint density at radius 1 is 0.900 bits per heavy atom. The van der Waals surface area contributed by atoms with Gasteiger partial charge in [-0.05, 0) is 61.0 Å². The number of benzene rings is 3. The number of para-hydroxylation sites is 1. The summed E-state index contributed by atoms with van der Waals surface area (Å²) in [5.74, 6) is 0.923. The molecule has 2 aliphatic heterocycles. The number of hydrogen-bond acceptors (Lipinski definition) is 9. The van der Waals surface area contributed by atoms with Gasteiger partial charge in [0.25, 0.3) is 11.5 Å². The standard InChI is InChI=1S/C29H21N5O3S3/c1-18-8-12-21(13-9-18)34-27(36)24(40-29(34)38)28-33(20-6-4-3-5-7-20)25-23(39-28)26(35)32(17-30-25)31-16-19-10-14-22(37-2)15-11-19/h3-17H,1-2H3/b28-24+,31-16?. The summed E-state index contributed by atoms with van der Waals surface area (Å²) in [5, 5.41) is 4.92. The van der Waals surface area contributed by atoms with Crippen LogP contribution in [0.3, 0.4) is 0 Å². The Morgan fingerprint density at radius 3 is 2.30 bits per heavy atom. The van der Waals surface area contributed by atoms with E-state index < -0.39 is 0 Å². The van der Waals surface area contributed by atoms with Gasteiger partial charge in [-0.15, -0.1) is 0 Å². The number of carbonyl (C=O) groups is 1. The van der Waals surface area contributed by atoms with Crippen LogP contribution >= 0.6 is 35.7 Å². The Labute approximate surface area is 244 Å². The fraction of sp³-hybridized carbons (Fsp3) is 0.0690. The second-order valence-corrected chi connectivity index (χ2v) is 11.5. The average Bonchev–Trinajstić information content (AvgIpc) is 3.51. The molecule has 198 valence electrons. The molecule has 3 aromatic carbocycles. The lowest BCUT2D eigenvalue weighted by Gasteiger charge is -2.20. The molecule has 1 amide bonds. The summed E-state index contributed by atoms with van der Waals surface area (Å²) in [6.45, 7) is 1.99. The summed E-state index contributed by atoms with van der Waals surface area (Å²) in [6, 6.07) is 24.5. The van der Waals surface area contributed by atoms with Crippen molar-refractivity contribution in [3.8, 4) is 5.75 Å². The van der Waals surface area contributed by atoms with Crippen LogP contribution in [-0.4, -0.2) is 33.2 Å². The number of fused-ring (bicyclic) bond motifs is 1. The maximum absolute atomic E-state index is 13.8. The van der Waals surface area contributed by atoms with Crippen LogP contribution < -0.4 is 20.1 Å². The molecule has 4 aromatic rings. The number of carbonyl (C=O) groups excluding carboxylic acids is 1. The van der Waals surface area contributed by atoms with Crippen LogP contribution in [0.2, 0.25) is 0 Å². The topological polar surface area (TPSA) is 80.0 Å². The third kappa shape index (κ3) is 4.72. The molecule has 1 aromatic heterocycles. The van der Waals surface area contributed by atoms with E-state index in [2.05, 4.69) is 10.1 Å². The molecule has 40 heavy (non-hydrogen) atoms. The first-order valence-corrected chi connectivity index (χ1v) is 14.2. The SMILES string of the molecule is COc1ccc(C=Nn2cnc3c(c2=O)S/C(=C2/SC(=S)N(c4ccc(C)cc4)C2=O)N3c2ccccc2)cc1. The van der Waals surface area contributed by atoms with Crippen molar-refractivity contribution >= 4 is 69.4 Å². The molecule has 0 aliphatic carbocycles. The molecule has 1 fully saturated rings. The molecule has 0 unspecified atom stereocenters. The first-order valence-electron chi connectivity index (χ1n) is 12.1. The van der Waals surface area contributed by atoms with E-state index in [1.54, 1.807) is 13.3 Å². The highest BCUT2D eigenvalue weighted by molar-refractivity contribution is 8.27. The highest BCUT2D eigenvalue weighted by Crippen LogP contribution is 2.52. The van der Waals surface area contributed by atoms with Crippen molar-refractivity contribution in [2.75, 3.05) is 16.9 Å². The Bertz CT molecular complexity index is 1750. The minimum Gasteiger partial charge on any atom is -0.497 e. The smallest absolute Gasteiger partial charge is 0.290 e. The fourth-order valence-corrected chi connectivity index (χ4v) is 6.76. The Hall–Kier alpha value is -4.19. The zero-order valence-electron chi connectivity index (χ0n) is 21.3. The summed E-state index contributed by atoms with van der Waals surface area (Å²) in [4.78, 5) is 36.1. The van der Waals surface area contributed by atoms with E-state index in [9.17, 15) is 9.59 Å². The van der Waals surface area contributed by atoms with Gasteiger partial charge in [-0.2, -0.15) is 9.78 Å². The maximum Gasteiger partial charge on any atom is 0.290 e. The number of anilines is 3. The van der Waals surface area contributed by atoms with Gasteiger partial charge in [-0.25, -0.2) is 4.98 Å².